The Morgan fingerprint density at radius 3 is 1.96 bits per heavy atom. The van der Waals surface area contributed by atoms with Crippen LogP contribution in [-0.4, -0.2) is 29.0 Å². The van der Waals surface area contributed by atoms with Gasteiger partial charge in [-0.25, -0.2) is 0 Å². The van der Waals surface area contributed by atoms with Gasteiger partial charge in [0.1, 0.15) is 5.84 Å². The summed E-state index contributed by atoms with van der Waals surface area (Å²) in [7, 11) is 0. The Labute approximate surface area is 151 Å². The zero-order chi connectivity index (χ0) is 17.2. The molecule has 0 fully saturated rings. The number of amidine groups is 1. The SMILES string of the molecule is CCCCCCCCCCSN(CCC)/C(CCC)=N\CCC. The van der Waals surface area contributed by atoms with Crippen molar-refractivity contribution in [2.75, 3.05) is 18.8 Å². The molecule has 3 heteroatoms. The van der Waals surface area contributed by atoms with E-state index in [2.05, 4.69) is 32.0 Å². The van der Waals surface area contributed by atoms with Gasteiger partial charge in [0.25, 0.3) is 0 Å². The fourth-order valence-corrected chi connectivity index (χ4v) is 3.79. The number of unbranched alkanes of at least 4 members (excludes halogenated alkanes) is 7. The topological polar surface area (TPSA) is 15.6 Å². The molecule has 0 rings (SSSR count). The number of rotatable bonds is 16. The van der Waals surface area contributed by atoms with Crippen LogP contribution in [0.4, 0.5) is 0 Å². The van der Waals surface area contributed by atoms with Gasteiger partial charge < -0.3 is 4.31 Å². The van der Waals surface area contributed by atoms with Crippen molar-refractivity contribution in [1.82, 2.24) is 4.31 Å². The summed E-state index contributed by atoms with van der Waals surface area (Å²) in [6.07, 6.45) is 15.9. The predicted molar refractivity (Wildman–Crippen MR) is 110 cm³/mol. The molecule has 0 spiro atoms. The molecule has 0 unspecified atom stereocenters. The van der Waals surface area contributed by atoms with Gasteiger partial charge in [0, 0.05) is 25.3 Å². The summed E-state index contributed by atoms with van der Waals surface area (Å²) in [6.45, 7) is 11.2. The maximum atomic E-state index is 4.83. The van der Waals surface area contributed by atoms with Gasteiger partial charge in [-0.3, -0.25) is 4.99 Å². The first-order valence-electron chi connectivity index (χ1n) is 10.2. The van der Waals surface area contributed by atoms with E-state index in [4.69, 9.17) is 4.99 Å². The van der Waals surface area contributed by atoms with Crippen LogP contribution in [0, 0.1) is 0 Å². The Kier molecular flexibility index (Phi) is 18.0. The molecule has 2 nitrogen and oxygen atoms in total. The summed E-state index contributed by atoms with van der Waals surface area (Å²) in [5.74, 6) is 2.59. The van der Waals surface area contributed by atoms with E-state index in [-0.39, 0.29) is 0 Å². The molecule has 0 aromatic heterocycles. The van der Waals surface area contributed by atoms with E-state index in [0.29, 0.717) is 0 Å². The molecule has 0 aliphatic carbocycles. The molecular formula is C20H42N2S. The molecular weight excluding hydrogens is 300 g/mol. The lowest BCUT2D eigenvalue weighted by molar-refractivity contribution is 0.584. The van der Waals surface area contributed by atoms with E-state index in [9.17, 15) is 0 Å². The van der Waals surface area contributed by atoms with Crippen LogP contribution in [0.15, 0.2) is 4.99 Å². The number of aliphatic imine (C=N–C) groups is 1. The zero-order valence-electron chi connectivity index (χ0n) is 16.4. The van der Waals surface area contributed by atoms with Crippen molar-refractivity contribution in [2.45, 2.75) is 105 Å². The normalized spacial score (nSPS) is 11.9. The second-order valence-corrected chi connectivity index (χ2v) is 7.57. The maximum absolute atomic E-state index is 4.83. The molecule has 0 amide bonds. The molecule has 0 aromatic rings. The molecule has 0 atom stereocenters. The Morgan fingerprint density at radius 2 is 1.39 bits per heavy atom. The first-order valence-corrected chi connectivity index (χ1v) is 11.2. The second-order valence-electron chi connectivity index (χ2n) is 6.46. The monoisotopic (exact) mass is 342 g/mol. The molecule has 0 heterocycles. The molecule has 0 aromatic carbocycles. The average Bonchev–Trinajstić information content (AvgIpc) is 2.56. The first-order chi connectivity index (χ1) is 11.3. The minimum absolute atomic E-state index is 0.980. The van der Waals surface area contributed by atoms with Gasteiger partial charge in [-0.1, -0.05) is 72.6 Å². The van der Waals surface area contributed by atoms with E-state index in [1.54, 1.807) is 0 Å². The minimum atomic E-state index is 0.980. The van der Waals surface area contributed by atoms with Crippen molar-refractivity contribution in [3.63, 3.8) is 0 Å². The molecule has 0 aliphatic rings. The third-order valence-electron chi connectivity index (χ3n) is 3.95. The Hall–Kier alpha value is -0.180. The highest BCUT2D eigenvalue weighted by atomic mass is 32.2. The van der Waals surface area contributed by atoms with E-state index in [1.165, 1.54) is 75.8 Å². The lowest BCUT2D eigenvalue weighted by Crippen LogP contribution is -2.26. The largest absolute Gasteiger partial charge is 0.304 e. The third kappa shape index (κ3) is 13.9. The summed E-state index contributed by atoms with van der Waals surface area (Å²) in [6, 6.07) is 0. The van der Waals surface area contributed by atoms with Crippen molar-refractivity contribution in [2.24, 2.45) is 4.99 Å². The lowest BCUT2D eigenvalue weighted by Gasteiger charge is -2.24. The van der Waals surface area contributed by atoms with Crippen LogP contribution in [0.2, 0.25) is 0 Å². The van der Waals surface area contributed by atoms with Crippen molar-refractivity contribution in [3.8, 4) is 0 Å². The molecule has 0 saturated heterocycles. The number of hydrogen-bond acceptors (Lipinski definition) is 2. The quantitative estimate of drug-likeness (QED) is 0.129. The van der Waals surface area contributed by atoms with Gasteiger partial charge in [-0.05, 0) is 37.6 Å². The average molecular weight is 343 g/mol. The van der Waals surface area contributed by atoms with Crippen LogP contribution in [0.3, 0.4) is 0 Å². The van der Waals surface area contributed by atoms with Crippen molar-refractivity contribution >= 4 is 17.8 Å². The Morgan fingerprint density at radius 1 is 0.739 bits per heavy atom. The summed E-state index contributed by atoms with van der Waals surface area (Å²) >= 11 is 2.02. The number of hydrogen-bond donors (Lipinski definition) is 0. The predicted octanol–water partition coefficient (Wildman–Crippen LogP) is 7.10. The van der Waals surface area contributed by atoms with Gasteiger partial charge >= 0.3 is 0 Å². The molecule has 0 saturated carbocycles. The van der Waals surface area contributed by atoms with Gasteiger partial charge in [0.15, 0.2) is 0 Å². The minimum Gasteiger partial charge on any atom is -0.304 e. The van der Waals surface area contributed by atoms with Gasteiger partial charge in [-0.15, -0.1) is 0 Å². The van der Waals surface area contributed by atoms with Crippen LogP contribution in [0.5, 0.6) is 0 Å². The van der Waals surface area contributed by atoms with Gasteiger partial charge in [0.05, 0.1) is 0 Å². The van der Waals surface area contributed by atoms with Crippen LogP contribution in [-0.2, 0) is 0 Å². The summed E-state index contributed by atoms with van der Waals surface area (Å²) < 4.78 is 2.49. The maximum Gasteiger partial charge on any atom is 0.109 e. The van der Waals surface area contributed by atoms with Crippen molar-refractivity contribution in [1.29, 1.82) is 0 Å². The van der Waals surface area contributed by atoms with Crippen LogP contribution in [0.1, 0.15) is 105 Å². The van der Waals surface area contributed by atoms with Crippen LogP contribution in [0.25, 0.3) is 0 Å². The van der Waals surface area contributed by atoms with Crippen molar-refractivity contribution in [3.05, 3.63) is 0 Å². The van der Waals surface area contributed by atoms with E-state index >= 15 is 0 Å². The summed E-state index contributed by atoms with van der Waals surface area (Å²) in [5.41, 5.74) is 0. The van der Waals surface area contributed by atoms with E-state index in [1.807, 2.05) is 11.9 Å². The molecule has 0 radical (unpaired) electrons. The lowest BCUT2D eigenvalue weighted by atomic mass is 10.1. The first kappa shape index (κ1) is 22.8. The fraction of sp³-hybridized carbons (Fsp3) is 0.950. The Balaban J connectivity index is 3.93. The molecule has 138 valence electrons. The van der Waals surface area contributed by atoms with E-state index < -0.39 is 0 Å². The highest BCUT2D eigenvalue weighted by molar-refractivity contribution is 7.97. The highest BCUT2D eigenvalue weighted by Gasteiger charge is 2.10. The van der Waals surface area contributed by atoms with Crippen LogP contribution < -0.4 is 0 Å². The molecule has 23 heavy (non-hydrogen) atoms. The summed E-state index contributed by atoms with van der Waals surface area (Å²) in [4.78, 5) is 4.83. The second kappa shape index (κ2) is 18.2. The molecule has 0 aliphatic heterocycles. The van der Waals surface area contributed by atoms with E-state index in [0.717, 1.165) is 25.9 Å². The van der Waals surface area contributed by atoms with Gasteiger partial charge in [-0.2, -0.15) is 0 Å². The third-order valence-corrected chi connectivity index (χ3v) is 5.13. The van der Waals surface area contributed by atoms with Crippen molar-refractivity contribution < 1.29 is 0 Å². The Bertz CT molecular complexity index is 266. The summed E-state index contributed by atoms with van der Waals surface area (Å²) in [5, 5.41) is 0. The molecule has 0 N–H and O–H groups in total. The van der Waals surface area contributed by atoms with Crippen LogP contribution >= 0.6 is 11.9 Å². The zero-order valence-corrected chi connectivity index (χ0v) is 17.2. The van der Waals surface area contributed by atoms with Gasteiger partial charge in [0.2, 0.25) is 0 Å². The molecule has 0 bridgehead atoms. The number of nitrogens with zero attached hydrogens (tertiary/aromatic N) is 2. The highest BCUT2D eigenvalue weighted by Crippen LogP contribution is 2.18. The smallest absolute Gasteiger partial charge is 0.109 e. The fourth-order valence-electron chi connectivity index (χ4n) is 2.63. The standard InChI is InChI=1S/C20H42N2S/c1-5-9-10-11-12-13-14-15-19-23-22(18-8-4)20(16-6-2)21-17-7-3/h5-19H2,1-4H3/b21-20-.